The number of hydrogen-bond acceptors (Lipinski definition) is 5. The predicted molar refractivity (Wildman–Crippen MR) is 127 cm³/mol. The lowest BCUT2D eigenvalue weighted by atomic mass is 10.2. The van der Waals surface area contributed by atoms with E-state index in [-0.39, 0.29) is 39.3 Å². The van der Waals surface area contributed by atoms with Crippen LogP contribution < -0.4 is 5.32 Å². The zero-order valence-electron chi connectivity index (χ0n) is 17.7. The molecule has 1 aromatic carbocycles. The standard InChI is InChI=1S/C22H12Cl2F4N6OS/c23-12-3-1-4-13(25)11(12)10-33-7-6-17(31-33)30-21(35)19-18(24)20-29-14(15-5-2-8-36-15)9-16(22(26,27)28)34(20)32-19/h1-9H,10H2,(H,30,31,35). The molecule has 1 amide bonds. The van der Waals surface area contributed by atoms with E-state index in [1.54, 1.807) is 17.5 Å². The van der Waals surface area contributed by atoms with Gasteiger partial charge in [0.2, 0.25) is 0 Å². The molecule has 0 aliphatic heterocycles. The number of amides is 1. The zero-order valence-corrected chi connectivity index (χ0v) is 20.1. The molecule has 184 valence electrons. The van der Waals surface area contributed by atoms with E-state index in [9.17, 15) is 22.4 Å². The van der Waals surface area contributed by atoms with Crippen molar-refractivity contribution in [2.45, 2.75) is 12.7 Å². The van der Waals surface area contributed by atoms with E-state index in [2.05, 4.69) is 20.5 Å². The van der Waals surface area contributed by atoms with Crippen molar-refractivity contribution < 1.29 is 22.4 Å². The summed E-state index contributed by atoms with van der Waals surface area (Å²) in [4.78, 5) is 17.5. The van der Waals surface area contributed by atoms with Gasteiger partial charge in [0.15, 0.2) is 22.9 Å². The number of carbonyl (C=O) groups is 1. The van der Waals surface area contributed by atoms with Gasteiger partial charge in [0.05, 0.1) is 17.1 Å². The van der Waals surface area contributed by atoms with Crippen LogP contribution in [0.15, 0.2) is 54.0 Å². The van der Waals surface area contributed by atoms with Crippen molar-refractivity contribution in [2.24, 2.45) is 0 Å². The van der Waals surface area contributed by atoms with E-state index in [0.717, 1.165) is 6.07 Å². The number of aromatic nitrogens is 5. The van der Waals surface area contributed by atoms with E-state index in [1.165, 1.54) is 46.5 Å². The number of nitrogens with zero attached hydrogens (tertiary/aromatic N) is 5. The summed E-state index contributed by atoms with van der Waals surface area (Å²) in [7, 11) is 0. The van der Waals surface area contributed by atoms with Crippen LogP contribution in [0, 0.1) is 5.82 Å². The highest BCUT2D eigenvalue weighted by Crippen LogP contribution is 2.35. The van der Waals surface area contributed by atoms with Crippen LogP contribution >= 0.6 is 34.5 Å². The summed E-state index contributed by atoms with van der Waals surface area (Å²) in [6, 6.07) is 9.82. The van der Waals surface area contributed by atoms with Gasteiger partial charge in [-0.1, -0.05) is 35.3 Å². The Morgan fingerprint density at radius 2 is 1.92 bits per heavy atom. The Hall–Kier alpha value is -3.48. The molecule has 0 unspecified atom stereocenters. The lowest BCUT2D eigenvalue weighted by Gasteiger charge is -2.10. The van der Waals surface area contributed by atoms with Gasteiger partial charge in [0.25, 0.3) is 5.91 Å². The summed E-state index contributed by atoms with van der Waals surface area (Å²) in [6.07, 6.45) is -3.32. The molecule has 36 heavy (non-hydrogen) atoms. The second kappa shape index (κ2) is 9.19. The molecule has 0 saturated heterocycles. The Balaban J connectivity index is 1.46. The normalized spacial score (nSPS) is 11.8. The molecule has 0 radical (unpaired) electrons. The van der Waals surface area contributed by atoms with E-state index >= 15 is 0 Å². The molecule has 4 aromatic heterocycles. The minimum Gasteiger partial charge on any atom is -0.304 e. The quantitative estimate of drug-likeness (QED) is 0.254. The summed E-state index contributed by atoms with van der Waals surface area (Å²) >= 11 is 13.5. The molecule has 14 heteroatoms. The summed E-state index contributed by atoms with van der Waals surface area (Å²) in [5.41, 5.74) is -1.67. The lowest BCUT2D eigenvalue weighted by Crippen LogP contribution is -2.16. The van der Waals surface area contributed by atoms with Gasteiger partial charge in [0.1, 0.15) is 10.8 Å². The third-order valence-corrected chi connectivity index (χ3v) is 6.67. The molecular weight excluding hydrogens is 543 g/mol. The fourth-order valence-corrected chi connectivity index (χ4v) is 4.58. The number of carbonyl (C=O) groups excluding carboxylic acids is 1. The molecule has 7 nitrogen and oxygen atoms in total. The summed E-state index contributed by atoms with van der Waals surface area (Å²) in [5.74, 6) is -1.37. The molecule has 5 rings (SSSR count). The molecule has 0 aliphatic rings. The molecule has 0 bridgehead atoms. The first kappa shape index (κ1) is 24.2. The van der Waals surface area contributed by atoms with Crippen molar-refractivity contribution in [3.8, 4) is 10.6 Å². The number of nitrogens with one attached hydrogen (secondary N) is 1. The van der Waals surface area contributed by atoms with Gasteiger partial charge in [-0.25, -0.2) is 13.9 Å². The first-order valence-electron chi connectivity index (χ1n) is 10.1. The Labute approximate surface area is 213 Å². The SMILES string of the molecule is O=C(Nc1ccn(Cc2c(F)cccc2Cl)n1)c1nn2c(C(F)(F)F)cc(-c3cccs3)nc2c1Cl. The van der Waals surface area contributed by atoms with Crippen LogP contribution in [0.1, 0.15) is 21.7 Å². The van der Waals surface area contributed by atoms with Crippen LogP contribution in [0.2, 0.25) is 10.0 Å². The van der Waals surface area contributed by atoms with E-state index in [1.807, 2.05) is 0 Å². The van der Waals surface area contributed by atoms with Gasteiger partial charge in [0, 0.05) is 22.8 Å². The number of benzene rings is 1. The third-order valence-electron chi connectivity index (χ3n) is 5.08. The maximum atomic E-state index is 14.0. The highest BCUT2D eigenvalue weighted by molar-refractivity contribution is 7.13. The van der Waals surface area contributed by atoms with Crippen LogP contribution in [0.25, 0.3) is 16.2 Å². The van der Waals surface area contributed by atoms with Crippen molar-refractivity contribution in [3.63, 3.8) is 0 Å². The summed E-state index contributed by atoms with van der Waals surface area (Å²) in [5, 5.41) is 11.9. The highest BCUT2D eigenvalue weighted by Gasteiger charge is 2.37. The number of hydrogen-bond donors (Lipinski definition) is 1. The van der Waals surface area contributed by atoms with Gasteiger partial charge in [-0.05, 0) is 29.6 Å². The summed E-state index contributed by atoms with van der Waals surface area (Å²) in [6.45, 7) is -0.0130. The minimum atomic E-state index is -4.79. The largest absolute Gasteiger partial charge is 0.433 e. The monoisotopic (exact) mass is 554 g/mol. The van der Waals surface area contributed by atoms with E-state index < -0.39 is 29.3 Å². The zero-order chi connectivity index (χ0) is 25.6. The topological polar surface area (TPSA) is 77.1 Å². The molecule has 0 fully saturated rings. The maximum Gasteiger partial charge on any atom is 0.433 e. The minimum absolute atomic E-state index is 0.0130. The number of rotatable bonds is 5. The van der Waals surface area contributed by atoms with Crippen LogP contribution in [-0.2, 0) is 12.7 Å². The van der Waals surface area contributed by atoms with Crippen LogP contribution in [-0.4, -0.2) is 30.3 Å². The van der Waals surface area contributed by atoms with Crippen LogP contribution in [0.3, 0.4) is 0 Å². The van der Waals surface area contributed by atoms with Gasteiger partial charge in [-0.3, -0.25) is 9.48 Å². The van der Waals surface area contributed by atoms with Gasteiger partial charge in [-0.2, -0.15) is 23.4 Å². The molecule has 0 aliphatic carbocycles. The number of fused-ring (bicyclic) bond motifs is 1. The van der Waals surface area contributed by atoms with Crippen molar-refractivity contribution >= 4 is 51.9 Å². The first-order valence-corrected chi connectivity index (χ1v) is 11.7. The van der Waals surface area contributed by atoms with Crippen LogP contribution in [0.5, 0.6) is 0 Å². The first-order chi connectivity index (χ1) is 17.1. The van der Waals surface area contributed by atoms with E-state index in [4.69, 9.17) is 23.2 Å². The Bertz CT molecular complexity index is 1580. The van der Waals surface area contributed by atoms with Crippen molar-refractivity contribution in [1.82, 2.24) is 24.4 Å². The molecule has 5 aromatic rings. The molecular formula is C22H12Cl2F4N6OS. The molecule has 0 spiro atoms. The van der Waals surface area contributed by atoms with Crippen molar-refractivity contribution in [3.05, 3.63) is 86.9 Å². The smallest absolute Gasteiger partial charge is 0.304 e. The van der Waals surface area contributed by atoms with E-state index in [0.29, 0.717) is 9.39 Å². The van der Waals surface area contributed by atoms with Gasteiger partial charge < -0.3 is 5.32 Å². The molecule has 1 N–H and O–H groups in total. The number of halogens is 6. The Morgan fingerprint density at radius 3 is 2.61 bits per heavy atom. The Morgan fingerprint density at radius 1 is 1.11 bits per heavy atom. The number of alkyl halides is 3. The van der Waals surface area contributed by atoms with Crippen molar-refractivity contribution in [2.75, 3.05) is 5.32 Å². The Kier molecular flexibility index (Phi) is 6.18. The molecule has 0 saturated carbocycles. The number of thiophene rings is 1. The third kappa shape index (κ3) is 4.54. The van der Waals surface area contributed by atoms with Gasteiger partial charge >= 0.3 is 6.18 Å². The van der Waals surface area contributed by atoms with Crippen molar-refractivity contribution in [1.29, 1.82) is 0 Å². The average molecular weight is 555 g/mol. The highest BCUT2D eigenvalue weighted by atomic mass is 35.5. The number of anilines is 1. The van der Waals surface area contributed by atoms with Gasteiger partial charge in [-0.15, -0.1) is 11.3 Å². The molecule has 4 heterocycles. The summed E-state index contributed by atoms with van der Waals surface area (Å²) < 4.78 is 57.2. The predicted octanol–water partition coefficient (Wildman–Crippen LogP) is 6.42. The average Bonchev–Trinajstić information content (AvgIpc) is 3.56. The van der Waals surface area contributed by atoms with Crippen LogP contribution in [0.4, 0.5) is 23.4 Å². The molecule has 0 atom stereocenters. The fraction of sp³-hybridized carbons (Fsp3) is 0.0909. The second-order valence-corrected chi connectivity index (χ2v) is 9.19. The fourth-order valence-electron chi connectivity index (χ4n) is 3.43. The lowest BCUT2D eigenvalue weighted by molar-refractivity contribution is -0.142. The maximum absolute atomic E-state index is 14.0. The second-order valence-electron chi connectivity index (χ2n) is 7.45.